The maximum Gasteiger partial charge on any atom is 0.264 e. The maximum atomic E-state index is 13.2. The van der Waals surface area contributed by atoms with Gasteiger partial charge in [-0.15, -0.1) is 0 Å². The molecule has 0 saturated heterocycles. The second-order valence-corrected chi connectivity index (χ2v) is 9.20. The van der Waals surface area contributed by atoms with Gasteiger partial charge in [0.05, 0.1) is 17.7 Å². The van der Waals surface area contributed by atoms with Gasteiger partial charge in [0.1, 0.15) is 12.3 Å². The number of hydrogen-bond donors (Lipinski definition) is 1. The molecule has 0 unspecified atom stereocenters. The summed E-state index contributed by atoms with van der Waals surface area (Å²) in [6.07, 6.45) is 0. The number of carbonyl (C=O) groups is 1. The molecule has 0 heterocycles. The largest absolute Gasteiger partial charge is 0.497 e. The zero-order valence-electron chi connectivity index (χ0n) is 16.3. The first kappa shape index (κ1) is 21.9. The molecular weight excluding hydrogens is 468 g/mol. The van der Waals surface area contributed by atoms with Crippen molar-refractivity contribution in [2.24, 2.45) is 0 Å². The number of rotatable bonds is 8. The molecule has 3 aromatic carbocycles. The summed E-state index contributed by atoms with van der Waals surface area (Å²) in [5.74, 6) is 0.314. The molecule has 0 spiro atoms. The molecule has 0 aromatic heterocycles. The minimum absolute atomic E-state index is 0.121. The molecule has 0 fully saturated rings. The first-order chi connectivity index (χ1) is 14.4. The smallest absolute Gasteiger partial charge is 0.264 e. The van der Waals surface area contributed by atoms with Gasteiger partial charge in [-0.1, -0.05) is 46.3 Å². The van der Waals surface area contributed by atoms with Crippen LogP contribution in [0.1, 0.15) is 5.56 Å². The summed E-state index contributed by atoms with van der Waals surface area (Å²) in [6.45, 7) is -0.0581. The maximum absolute atomic E-state index is 13.2. The molecule has 0 saturated carbocycles. The highest BCUT2D eigenvalue weighted by Gasteiger charge is 2.27. The molecule has 1 amide bonds. The average Bonchev–Trinajstić information content (AvgIpc) is 2.77. The number of carbonyl (C=O) groups excluding carboxylic acids is 1. The Balaban J connectivity index is 1.79. The topological polar surface area (TPSA) is 75.7 Å². The number of methoxy groups -OCH3 is 1. The van der Waals surface area contributed by atoms with Crippen molar-refractivity contribution in [2.75, 3.05) is 18.0 Å². The van der Waals surface area contributed by atoms with E-state index in [4.69, 9.17) is 4.74 Å². The Hall–Kier alpha value is -2.84. The predicted octanol–water partition coefficient (Wildman–Crippen LogP) is 3.97. The molecule has 1 N–H and O–H groups in total. The van der Waals surface area contributed by atoms with Gasteiger partial charge in [0.25, 0.3) is 10.0 Å². The quantitative estimate of drug-likeness (QED) is 0.520. The highest BCUT2D eigenvalue weighted by atomic mass is 79.9. The Morgan fingerprint density at radius 3 is 2.20 bits per heavy atom. The minimum Gasteiger partial charge on any atom is -0.497 e. The van der Waals surface area contributed by atoms with Gasteiger partial charge in [0.15, 0.2) is 0 Å². The number of benzene rings is 3. The Kier molecular flexibility index (Phi) is 7.12. The van der Waals surface area contributed by atoms with E-state index in [1.54, 1.807) is 61.7 Å². The summed E-state index contributed by atoms with van der Waals surface area (Å²) >= 11 is 3.35. The van der Waals surface area contributed by atoms with Gasteiger partial charge in [-0.05, 0) is 54.1 Å². The summed E-state index contributed by atoms with van der Waals surface area (Å²) in [5, 5.41) is 2.78. The van der Waals surface area contributed by atoms with E-state index in [1.807, 2.05) is 12.1 Å². The molecular formula is C22H21BrN2O4S. The van der Waals surface area contributed by atoms with Crippen LogP contribution in [0.5, 0.6) is 5.75 Å². The Morgan fingerprint density at radius 2 is 1.60 bits per heavy atom. The molecule has 0 atom stereocenters. The van der Waals surface area contributed by atoms with Gasteiger partial charge >= 0.3 is 0 Å². The molecule has 8 heteroatoms. The molecule has 3 rings (SSSR count). The van der Waals surface area contributed by atoms with Gasteiger partial charge in [-0.3, -0.25) is 9.10 Å². The third-order valence-electron chi connectivity index (χ3n) is 4.38. The fourth-order valence-electron chi connectivity index (χ4n) is 2.77. The Morgan fingerprint density at radius 1 is 0.967 bits per heavy atom. The summed E-state index contributed by atoms with van der Waals surface area (Å²) in [4.78, 5) is 12.7. The molecule has 0 radical (unpaired) electrons. The molecule has 0 aliphatic heterocycles. The molecule has 0 aliphatic carbocycles. The van der Waals surface area contributed by atoms with Crippen molar-refractivity contribution < 1.29 is 17.9 Å². The van der Waals surface area contributed by atoms with Gasteiger partial charge in [0, 0.05) is 11.0 Å². The van der Waals surface area contributed by atoms with Gasteiger partial charge in [-0.25, -0.2) is 8.42 Å². The van der Waals surface area contributed by atoms with Crippen molar-refractivity contribution in [1.82, 2.24) is 5.32 Å². The van der Waals surface area contributed by atoms with E-state index in [9.17, 15) is 13.2 Å². The lowest BCUT2D eigenvalue weighted by Crippen LogP contribution is -2.40. The van der Waals surface area contributed by atoms with Crippen LogP contribution in [0.25, 0.3) is 0 Å². The van der Waals surface area contributed by atoms with Crippen LogP contribution in [0.2, 0.25) is 0 Å². The van der Waals surface area contributed by atoms with Gasteiger partial charge in [-0.2, -0.15) is 0 Å². The van der Waals surface area contributed by atoms with E-state index in [0.29, 0.717) is 5.69 Å². The highest BCUT2D eigenvalue weighted by molar-refractivity contribution is 9.10. The van der Waals surface area contributed by atoms with Crippen LogP contribution in [0, 0.1) is 0 Å². The summed E-state index contributed by atoms with van der Waals surface area (Å²) < 4.78 is 33.5. The van der Waals surface area contributed by atoms with Gasteiger partial charge < -0.3 is 10.1 Å². The van der Waals surface area contributed by atoms with E-state index in [2.05, 4.69) is 21.2 Å². The van der Waals surface area contributed by atoms with Crippen LogP contribution in [0.3, 0.4) is 0 Å². The number of halogens is 1. The zero-order valence-corrected chi connectivity index (χ0v) is 18.7. The Labute approximate surface area is 184 Å². The molecule has 3 aromatic rings. The molecule has 6 nitrogen and oxygen atoms in total. The third-order valence-corrected chi connectivity index (χ3v) is 6.70. The average molecular weight is 489 g/mol. The van der Waals surface area contributed by atoms with Gasteiger partial charge in [0.2, 0.25) is 5.91 Å². The fraction of sp³-hybridized carbons (Fsp3) is 0.136. The second kappa shape index (κ2) is 9.77. The fourth-order valence-corrected chi connectivity index (χ4v) is 4.48. The molecule has 156 valence electrons. The van der Waals surface area contributed by atoms with Crippen molar-refractivity contribution in [3.8, 4) is 5.75 Å². The molecule has 30 heavy (non-hydrogen) atoms. The number of hydrogen-bond acceptors (Lipinski definition) is 4. The number of anilines is 1. The van der Waals surface area contributed by atoms with Crippen LogP contribution < -0.4 is 14.4 Å². The summed E-state index contributed by atoms with van der Waals surface area (Å²) in [6, 6.07) is 22.1. The number of nitrogens with one attached hydrogen (secondary N) is 1. The van der Waals surface area contributed by atoms with Crippen LogP contribution in [-0.2, 0) is 21.4 Å². The lowest BCUT2D eigenvalue weighted by Gasteiger charge is -2.24. The summed E-state index contributed by atoms with van der Waals surface area (Å²) in [5.41, 5.74) is 1.28. The van der Waals surface area contributed by atoms with Crippen LogP contribution in [0.15, 0.2) is 88.2 Å². The van der Waals surface area contributed by atoms with E-state index in [-0.39, 0.29) is 18.0 Å². The van der Waals surface area contributed by atoms with Crippen molar-refractivity contribution in [3.05, 3.63) is 88.9 Å². The summed E-state index contributed by atoms with van der Waals surface area (Å²) in [7, 11) is -2.33. The lowest BCUT2D eigenvalue weighted by molar-refractivity contribution is -0.119. The number of ether oxygens (including phenoxy) is 1. The van der Waals surface area contributed by atoms with Crippen molar-refractivity contribution in [3.63, 3.8) is 0 Å². The molecule has 0 aliphatic rings. The van der Waals surface area contributed by atoms with Crippen molar-refractivity contribution in [2.45, 2.75) is 11.4 Å². The lowest BCUT2D eigenvalue weighted by atomic mass is 10.2. The van der Waals surface area contributed by atoms with Crippen LogP contribution >= 0.6 is 15.9 Å². The Bertz CT molecular complexity index is 1090. The van der Waals surface area contributed by atoms with Crippen molar-refractivity contribution in [1.29, 1.82) is 0 Å². The normalized spacial score (nSPS) is 11.0. The van der Waals surface area contributed by atoms with Crippen LogP contribution in [0.4, 0.5) is 5.69 Å². The van der Waals surface area contributed by atoms with E-state index in [0.717, 1.165) is 20.1 Å². The van der Waals surface area contributed by atoms with E-state index >= 15 is 0 Å². The van der Waals surface area contributed by atoms with E-state index < -0.39 is 15.9 Å². The van der Waals surface area contributed by atoms with Crippen molar-refractivity contribution >= 4 is 37.5 Å². The monoisotopic (exact) mass is 488 g/mol. The minimum atomic E-state index is -3.91. The SMILES string of the molecule is COc1ccc(CNC(=O)CN(c2ccc(Br)cc2)S(=O)(=O)c2ccccc2)cc1. The highest BCUT2D eigenvalue weighted by Crippen LogP contribution is 2.25. The first-order valence-corrected chi connectivity index (χ1v) is 11.4. The third kappa shape index (κ3) is 5.40. The van der Waals surface area contributed by atoms with Crippen LogP contribution in [-0.4, -0.2) is 28.0 Å². The number of nitrogens with zero attached hydrogens (tertiary/aromatic N) is 1. The molecule has 0 bridgehead atoms. The van der Waals surface area contributed by atoms with E-state index in [1.165, 1.54) is 12.1 Å². The standard InChI is InChI=1S/C22H21BrN2O4S/c1-29-20-13-7-17(8-14-20)15-24-22(26)16-25(19-11-9-18(23)10-12-19)30(27,28)21-5-3-2-4-6-21/h2-14H,15-16H2,1H3,(H,24,26). The zero-order chi connectivity index (χ0) is 21.6. The second-order valence-electron chi connectivity index (χ2n) is 6.43. The number of sulfonamides is 1. The number of amides is 1. The predicted molar refractivity (Wildman–Crippen MR) is 120 cm³/mol. The first-order valence-electron chi connectivity index (χ1n) is 9.13.